The molecule has 1 amide bonds. The van der Waals surface area contributed by atoms with E-state index in [2.05, 4.69) is 20.6 Å². The van der Waals surface area contributed by atoms with Crippen molar-refractivity contribution in [1.82, 2.24) is 15.3 Å². The molecule has 0 saturated carbocycles. The molecule has 5 nitrogen and oxygen atoms in total. The van der Waals surface area contributed by atoms with Gasteiger partial charge >= 0.3 is 0 Å². The summed E-state index contributed by atoms with van der Waals surface area (Å²) in [5, 5.41) is 8.04. The highest BCUT2D eigenvalue weighted by molar-refractivity contribution is 7.09. The van der Waals surface area contributed by atoms with Crippen molar-refractivity contribution >= 4 is 22.9 Å². The predicted molar refractivity (Wildman–Crippen MR) is 96.9 cm³/mol. The van der Waals surface area contributed by atoms with Crippen molar-refractivity contribution < 1.29 is 4.79 Å². The molecule has 6 heteroatoms. The number of aromatic nitrogens is 2. The van der Waals surface area contributed by atoms with E-state index in [4.69, 9.17) is 0 Å². The second-order valence-corrected chi connectivity index (χ2v) is 6.31. The number of hydrogen-bond acceptors (Lipinski definition) is 5. The van der Waals surface area contributed by atoms with Crippen LogP contribution in [0.5, 0.6) is 0 Å². The topological polar surface area (TPSA) is 66.9 Å². The Kier molecular flexibility index (Phi) is 5.18. The van der Waals surface area contributed by atoms with Crippen LogP contribution in [0.25, 0.3) is 11.3 Å². The number of rotatable bonds is 6. The number of nitrogens with one attached hydrogen (secondary N) is 2. The van der Waals surface area contributed by atoms with Crippen molar-refractivity contribution in [2.45, 2.75) is 13.5 Å². The first-order valence-electron chi connectivity index (χ1n) is 7.64. The first-order valence-corrected chi connectivity index (χ1v) is 8.52. The SMILES string of the molecule is Cc1nccc(-c2cccc(NCC(=O)NCc3cccs3)c2)n1. The monoisotopic (exact) mass is 338 g/mol. The van der Waals surface area contributed by atoms with Crippen molar-refractivity contribution in [3.05, 3.63) is 64.7 Å². The molecule has 0 atom stereocenters. The lowest BCUT2D eigenvalue weighted by molar-refractivity contribution is -0.119. The van der Waals surface area contributed by atoms with Crippen LogP contribution in [0.2, 0.25) is 0 Å². The van der Waals surface area contributed by atoms with Gasteiger partial charge in [-0.3, -0.25) is 4.79 Å². The van der Waals surface area contributed by atoms with Crippen molar-refractivity contribution in [2.75, 3.05) is 11.9 Å². The fourth-order valence-electron chi connectivity index (χ4n) is 2.25. The third-order valence-electron chi connectivity index (χ3n) is 3.43. The van der Waals surface area contributed by atoms with E-state index in [0.29, 0.717) is 6.54 Å². The molecule has 3 rings (SSSR count). The number of aryl methyl sites for hydroxylation is 1. The van der Waals surface area contributed by atoms with Crippen LogP contribution >= 0.6 is 11.3 Å². The normalized spacial score (nSPS) is 10.4. The molecule has 122 valence electrons. The molecule has 0 bridgehead atoms. The maximum absolute atomic E-state index is 11.9. The van der Waals surface area contributed by atoms with Crippen LogP contribution in [-0.4, -0.2) is 22.4 Å². The average Bonchev–Trinajstić information content (AvgIpc) is 3.12. The van der Waals surface area contributed by atoms with Gasteiger partial charge in [-0.2, -0.15) is 0 Å². The molecule has 0 fully saturated rings. The van der Waals surface area contributed by atoms with Crippen molar-refractivity contribution in [3.63, 3.8) is 0 Å². The van der Waals surface area contributed by atoms with E-state index in [-0.39, 0.29) is 12.5 Å². The molecule has 0 spiro atoms. The summed E-state index contributed by atoms with van der Waals surface area (Å²) in [6.07, 6.45) is 1.75. The zero-order chi connectivity index (χ0) is 16.8. The minimum absolute atomic E-state index is 0.0355. The maximum Gasteiger partial charge on any atom is 0.239 e. The van der Waals surface area contributed by atoms with Gasteiger partial charge in [0.2, 0.25) is 5.91 Å². The zero-order valence-electron chi connectivity index (χ0n) is 13.3. The Morgan fingerprint density at radius 3 is 2.92 bits per heavy atom. The third-order valence-corrected chi connectivity index (χ3v) is 4.30. The van der Waals surface area contributed by atoms with Gasteiger partial charge < -0.3 is 10.6 Å². The quantitative estimate of drug-likeness (QED) is 0.724. The predicted octanol–water partition coefficient (Wildman–Crippen LogP) is 3.24. The number of hydrogen-bond donors (Lipinski definition) is 2. The van der Waals surface area contributed by atoms with Gasteiger partial charge in [0, 0.05) is 22.3 Å². The highest BCUT2D eigenvalue weighted by Crippen LogP contribution is 2.20. The van der Waals surface area contributed by atoms with Gasteiger partial charge in [-0.05, 0) is 36.6 Å². The summed E-state index contributed by atoms with van der Waals surface area (Å²) in [5.74, 6) is 0.700. The molecule has 2 aromatic heterocycles. The van der Waals surface area contributed by atoms with E-state index in [0.717, 1.165) is 27.6 Å². The van der Waals surface area contributed by atoms with Crippen molar-refractivity contribution in [1.29, 1.82) is 0 Å². The number of amides is 1. The number of carbonyl (C=O) groups is 1. The lowest BCUT2D eigenvalue weighted by Crippen LogP contribution is -2.29. The van der Waals surface area contributed by atoms with Crippen LogP contribution in [0.4, 0.5) is 5.69 Å². The molecule has 2 heterocycles. The van der Waals surface area contributed by atoms with Crippen molar-refractivity contribution in [3.8, 4) is 11.3 Å². The first-order chi connectivity index (χ1) is 11.7. The fraction of sp³-hybridized carbons (Fsp3) is 0.167. The Hall–Kier alpha value is -2.73. The number of nitrogens with zero attached hydrogens (tertiary/aromatic N) is 2. The summed E-state index contributed by atoms with van der Waals surface area (Å²) in [6, 6.07) is 13.7. The second-order valence-electron chi connectivity index (χ2n) is 5.28. The summed E-state index contributed by atoms with van der Waals surface area (Å²) in [5.41, 5.74) is 2.74. The summed E-state index contributed by atoms with van der Waals surface area (Å²) in [6.45, 7) is 2.67. The summed E-state index contributed by atoms with van der Waals surface area (Å²) in [4.78, 5) is 21.6. The highest BCUT2D eigenvalue weighted by atomic mass is 32.1. The second kappa shape index (κ2) is 7.70. The molecule has 3 aromatic rings. The van der Waals surface area contributed by atoms with Gasteiger partial charge in [0.25, 0.3) is 0 Å². The molecule has 0 aliphatic heterocycles. The Morgan fingerprint density at radius 1 is 1.21 bits per heavy atom. The van der Waals surface area contributed by atoms with E-state index in [1.165, 1.54) is 0 Å². The van der Waals surface area contributed by atoms with E-state index in [9.17, 15) is 4.79 Å². The highest BCUT2D eigenvalue weighted by Gasteiger charge is 2.04. The van der Waals surface area contributed by atoms with Gasteiger partial charge in [0.1, 0.15) is 5.82 Å². The average molecular weight is 338 g/mol. The van der Waals surface area contributed by atoms with Crippen LogP contribution in [-0.2, 0) is 11.3 Å². The Morgan fingerprint density at radius 2 is 2.12 bits per heavy atom. The Balaban J connectivity index is 1.57. The van der Waals surface area contributed by atoms with E-state index in [1.807, 2.05) is 54.8 Å². The van der Waals surface area contributed by atoms with E-state index < -0.39 is 0 Å². The number of anilines is 1. The number of benzene rings is 1. The van der Waals surface area contributed by atoms with Crippen LogP contribution in [0, 0.1) is 6.92 Å². The lowest BCUT2D eigenvalue weighted by Gasteiger charge is -2.09. The Bertz CT molecular complexity index is 817. The molecular weight excluding hydrogens is 320 g/mol. The molecule has 0 radical (unpaired) electrons. The molecule has 0 aliphatic carbocycles. The maximum atomic E-state index is 11.9. The van der Waals surface area contributed by atoms with Crippen LogP contribution in [0.3, 0.4) is 0 Å². The standard InChI is InChI=1S/C18H18N4OS/c1-13-19-8-7-17(22-13)14-4-2-5-15(10-14)20-12-18(23)21-11-16-6-3-9-24-16/h2-10,20H,11-12H2,1H3,(H,21,23). The van der Waals surface area contributed by atoms with Gasteiger partial charge in [-0.1, -0.05) is 18.2 Å². The Labute approximate surface area is 144 Å². The first kappa shape index (κ1) is 16.1. The molecular formula is C18H18N4OS. The van der Waals surface area contributed by atoms with Gasteiger partial charge in [-0.25, -0.2) is 9.97 Å². The van der Waals surface area contributed by atoms with Gasteiger partial charge in [-0.15, -0.1) is 11.3 Å². The van der Waals surface area contributed by atoms with Crippen LogP contribution in [0.15, 0.2) is 54.0 Å². The number of carbonyl (C=O) groups excluding carboxylic acids is 1. The van der Waals surface area contributed by atoms with Crippen LogP contribution < -0.4 is 10.6 Å². The molecule has 0 saturated heterocycles. The summed E-state index contributed by atoms with van der Waals surface area (Å²) < 4.78 is 0. The van der Waals surface area contributed by atoms with Crippen molar-refractivity contribution in [2.24, 2.45) is 0 Å². The minimum atomic E-state index is -0.0355. The van der Waals surface area contributed by atoms with E-state index >= 15 is 0 Å². The minimum Gasteiger partial charge on any atom is -0.376 e. The summed E-state index contributed by atoms with van der Waals surface area (Å²) in [7, 11) is 0. The smallest absolute Gasteiger partial charge is 0.239 e. The molecule has 2 N–H and O–H groups in total. The largest absolute Gasteiger partial charge is 0.376 e. The molecule has 24 heavy (non-hydrogen) atoms. The molecule has 1 aromatic carbocycles. The fourth-order valence-corrected chi connectivity index (χ4v) is 2.89. The van der Waals surface area contributed by atoms with Gasteiger partial charge in [0.05, 0.1) is 18.8 Å². The third kappa shape index (κ3) is 4.39. The van der Waals surface area contributed by atoms with Crippen LogP contribution in [0.1, 0.15) is 10.7 Å². The molecule has 0 aliphatic rings. The van der Waals surface area contributed by atoms with Gasteiger partial charge in [0.15, 0.2) is 0 Å². The lowest BCUT2D eigenvalue weighted by atomic mass is 10.1. The molecule has 0 unspecified atom stereocenters. The summed E-state index contributed by atoms with van der Waals surface area (Å²) >= 11 is 1.63. The number of thiophene rings is 1. The van der Waals surface area contributed by atoms with E-state index in [1.54, 1.807) is 17.5 Å². The zero-order valence-corrected chi connectivity index (χ0v) is 14.1.